The van der Waals surface area contributed by atoms with E-state index in [9.17, 15) is 13.2 Å². The van der Waals surface area contributed by atoms with Gasteiger partial charge in [0.2, 0.25) is 10.0 Å². The highest BCUT2D eigenvalue weighted by Crippen LogP contribution is 2.29. The van der Waals surface area contributed by atoms with E-state index in [0.29, 0.717) is 5.56 Å². The van der Waals surface area contributed by atoms with Gasteiger partial charge in [-0.05, 0) is 24.8 Å². The van der Waals surface area contributed by atoms with Gasteiger partial charge >= 0.3 is 5.97 Å². The number of hydrogen-bond acceptors (Lipinski definition) is 5. The van der Waals surface area contributed by atoms with E-state index in [4.69, 9.17) is 10.2 Å². The number of nitrogens with zero attached hydrogens (tertiary/aromatic N) is 1. The number of carboxylic acids is 1. The second-order valence-electron chi connectivity index (χ2n) is 3.93. The molecule has 0 spiro atoms. The zero-order valence-corrected chi connectivity index (χ0v) is 11.9. The van der Waals surface area contributed by atoms with Crippen LogP contribution < -0.4 is 0 Å². The Labute approximate surface area is 110 Å². The van der Waals surface area contributed by atoms with Crippen molar-refractivity contribution in [2.45, 2.75) is 24.8 Å². The van der Waals surface area contributed by atoms with Crippen molar-refractivity contribution in [1.29, 1.82) is 0 Å². The molecule has 0 fully saturated rings. The number of sulfonamides is 1. The van der Waals surface area contributed by atoms with E-state index in [1.807, 2.05) is 0 Å². The van der Waals surface area contributed by atoms with Gasteiger partial charge in [0.25, 0.3) is 0 Å². The predicted molar refractivity (Wildman–Crippen MR) is 67.5 cm³/mol. The molecule has 2 N–H and O–H groups in total. The van der Waals surface area contributed by atoms with Gasteiger partial charge in [-0.1, -0.05) is 0 Å². The smallest absolute Gasteiger partial charge is 0.347 e. The molecule has 1 aromatic heterocycles. The maximum Gasteiger partial charge on any atom is 0.347 e. The summed E-state index contributed by atoms with van der Waals surface area (Å²) in [6.45, 7) is 2.76. The average Bonchev–Trinajstić information content (AvgIpc) is 2.69. The summed E-state index contributed by atoms with van der Waals surface area (Å²) in [6, 6.07) is -0.615. The largest absolute Gasteiger partial charge is 0.477 e. The number of likely N-dealkylation sites (N-methyl/N-ethyl adjacent to an activating group) is 1. The highest BCUT2D eigenvalue weighted by atomic mass is 32.2. The van der Waals surface area contributed by atoms with Gasteiger partial charge in [0.05, 0.1) is 6.61 Å². The van der Waals surface area contributed by atoms with Crippen LogP contribution in [0.15, 0.2) is 10.3 Å². The van der Waals surface area contributed by atoms with E-state index >= 15 is 0 Å². The van der Waals surface area contributed by atoms with Crippen molar-refractivity contribution in [2.75, 3.05) is 13.7 Å². The Bertz CT molecular complexity index is 549. The Balaban J connectivity index is 3.37. The highest BCUT2D eigenvalue weighted by molar-refractivity contribution is 7.89. The maximum absolute atomic E-state index is 12.3. The van der Waals surface area contributed by atoms with E-state index in [1.165, 1.54) is 12.4 Å². The van der Waals surface area contributed by atoms with Gasteiger partial charge in [0.15, 0.2) is 0 Å². The normalized spacial score (nSPS) is 13.8. The summed E-state index contributed by atoms with van der Waals surface area (Å²) >= 11 is 0.880. The average molecular weight is 293 g/mol. The van der Waals surface area contributed by atoms with Crippen molar-refractivity contribution in [3.8, 4) is 0 Å². The molecule has 0 aliphatic carbocycles. The zero-order valence-electron chi connectivity index (χ0n) is 10.2. The van der Waals surface area contributed by atoms with Crippen LogP contribution in [-0.4, -0.2) is 48.6 Å². The molecule has 1 atom stereocenters. The lowest BCUT2D eigenvalue weighted by atomic mass is 10.3. The van der Waals surface area contributed by atoms with Crippen LogP contribution in [-0.2, 0) is 10.0 Å². The summed E-state index contributed by atoms with van der Waals surface area (Å²) in [5.41, 5.74) is 0.398. The Hall–Kier alpha value is -0.960. The molecule has 0 amide bonds. The summed E-state index contributed by atoms with van der Waals surface area (Å²) < 4.78 is 25.6. The maximum atomic E-state index is 12.3. The van der Waals surface area contributed by atoms with Gasteiger partial charge in [-0.25, -0.2) is 13.2 Å². The molecule has 1 heterocycles. The number of hydrogen-bond donors (Lipinski definition) is 2. The molecule has 0 aliphatic heterocycles. The van der Waals surface area contributed by atoms with Crippen LogP contribution in [0, 0.1) is 6.92 Å². The Morgan fingerprint density at radius 3 is 2.56 bits per heavy atom. The summed E-state index contributed by atoms with van der Waals surface area (Å²) in [5.74, 6) is -1.27. The first-order valence-corrected chi connectivity index (χ1v) is 7.45. The number of carbonyl (C=O) groups is 1. The predicted octanol–water partition coefficient (Wildman–Crippen LogP) is 0.756. The molecule has 8 heteroatoms. The quantitative estimate of drug-likeness (QED) is 0.835. The first-order valence-electron chi connectivity index (χ1n) is 5.13. The number of thiophene rings is 1. The fourth-order valence-corrected chi connectivity index (χ4v) is 4.33. The third-order valence-corrected chi connectivity index (χ3v) is 6.01. The van der Waals surface area contributed by atoms with Crippen LogP contribution in [0.4, 0.5) is 0 Å². The van der Waals surface area contributed by atoms with Crippen LogP contribution in [0.3, 0.4) is 0 Å². The Morgan fingerprint density at radius 2 is 2.11 bits per heavy atom. The number of aliphatic hydroxyl groups excluding tert-OH is 1. The second kappa shape index (κ2) is 5.35. The van der Waals surface area contributed by atoms with Crippen molar-refractivity contribution < 1.29 is 23.4 Å². The Kier molecular flexibility index (Phi) is 4.49. The van der Waals surface area contributed by atoms with Gasteiger partial charge in [0.1, 0.15) is 9.77 Å². The van der Waals surface area contributed by atoms with Crippen LogP contribution in [0.25, 0.3) is 0 Å². The van der Waals surface area contributed by atoms with Gasteiger partial charge in [-0.15, -0.1) is 11.3 Å². The number of rotatable bonds is 5. The lowest BCUT2D eigenvalue weighted by molar-refractivity contribution is 0.0698. The zero-order chi connectivity index (χ0) is 14.1. The summed E-state index contributed by atoms with van der Waals surface area (Å²) in [5, 5.41) is 19.5. The SMILES string of the molecule is Cc1csc(C(=O)O)c1S(=O)(=O)N(C)C(C)CO. The third-order valence-electron chi connectivity index (χ3n) is 2.63. The number of aryl methyl sites for hydroxylation is 1. The number of aliphatic hydroxyl groups is 1. The summed E-state index contributed by atoms with van der Waals surface area (Å²) in [7, 11) is -2.59. The van der Waals surface area contributed by atoms with E-state index in [1.54, 1.807) is 13.8 Å². The lowest BCUT2D eigenvalue weighted by Gasteiger charge is -2.22. The van der Waals surface area contributed by atoms with Gasteiger partial charge < -0.3 is 10.2 Å². The fraction of sp³-hybridized carbons (Fsp3) is 0.500. The molecule has 6 nitrogen and oxygen atoms in total. The van der Waals surface area contributed by atoms with Crippen molar-refractivity contribution in [3.05, 3.63) is 15.8 Å². The lowest BCUT2D eigenvalue weighted by Crippen LogP contribution is -2.37. The standard InChI is InChI=1S/C10H15NO5S2/c1-6-5-17-8(10(13)14)9(6)18(15,16)11(3)7(2)4-12/h5,7,12H,4H2,1-3H3,(H,13,14). The first kappa shape index (κ1) is 15.1. The molecule has 1 rings (SSSR count). The molecule has 0 aliphatic rings. The molecule has 0 radical (unpaired) electrons. The summed E-state index contributed by atoms with van der Waals surface area (Å²) in [6.07, 6.45) is 0. The van der Waals surface area contributed by atoms with Gasteiger partial charge in [0, 0.05) is 13.1 Å². The molecule has 0 aromatic carbocycles. The number of aromatic carboxylic acids is 1. The monoisotopic (exact) mass is 293 g/mol. The van der Waals surface area contributed by atoms with Crippen molar-refractivity contribution in [1.82, 2.24) is 4.31 Å². The van der Waals surface area contributed by atoms with E-state index < -0.39 is 22.0 Å². The first-order chi connectivity index (χ1) is 8.23. The van der Waals surface area contributed by atoms with Gasteiger partial charge in [-0.2, -0.15) is 4.31 Å². The molecular weight excluding hydrogens is 278 g/mol. The summed E-state index contributed by atoms with van der Waals surface area (Å²) in [4.78, 5) is 10.6. The Morgan fingerprint density at radius 1 is 1.56 bits per heavy atom. The molecule has 0 bridgehead atoms. The minimum Gasteiger partial charge on any atom is -0.477 e. The molecule has 1 aromatic rings. The van der Waals surface area contributed by atoms with E-state index in [2.05, 4.69) is 0 Å². The number of carboxylic acid groups (broad SMARTS) is 1. The molecule has 0 saturated heterocycles. The minimum atomic E-state index is -3.91. The van der Waals surface area contributed by atoms with Crippen LogP contribution in [0.5, 0.6) is 0 Å². The molecule has 1 unspecified atom stereocenters. The van der Waals surface area contributed by atoms with E-state index in [-0.39, 0.29) is 16.4 Å². The molecule has 18 heavy (non-hydrogen) atoms. The molecular formula is C10H15NO5S2. The van der Waals surface area contributed by atoms with Crippen molar-refractivity contribution >= 4 is 27.3 Å². The topological polar surface area (TPSA) is 94.9 Å². The molecule has 102 valence electrons. The second-order valence-corrected chi connectivity index (χ2v) is 6.75. The van der Waals surface area contributed by atoms with Crippen LogP contribution >= 0.6 is 11.3 Å². The highest BCUT2D eigenvalue weighted by Gasteiger charge is 2.32. The third kappa shape index (κ3) is 2.56. The molecule has 0 saturated carbocycles. The van der Waals surface area contributed by atoms with Crippen LogP contribution in [0.2, 0.25) is 0 Å². The van der Waals surface area contributed by atoms with Crippen molar-refractivity contribution in [3.63, 3.8) is 0 Å². The van der Waals surface area contributed by atoms with Crippen molar-refractivity contribution in [2.24, 2.45) is 0 Å². The van der Waals surface area contributed by atoms with Crippen LogP contribution in [0.1, 0.15) is 22.2 Å². The fourth-order valence-electron chi connectivity index (χ4n) is 1.40. The van der Waals surface area contributed by atoms with Gasteiger partial charge in [-0.3, -0.25) is 0 Å². The van der Waals surface area contributed by atoms with E-state index in [0.717, 1.165) is 15.6 Å². The minimum absolute atomic E-state index is 0.192.